The van der Waals surface area contributed by atoms with Gasteiger partial charge in [-0.1, -0.05) is 36.4 Å². The number of hydrogen-bond acceptors (Lipinski definition) is 4. The number of amides is 1. The third-order valence-electron chi connectivity index (χ3n) is 6.02. The summed E-state index contributed by atoms with van der Waals surface area (Å²) < 4.78 is 6.41. The van der Waals surface area contributed by atoms with Gasteiger partial charge in [-0.2, -0.15) is 0 Å². The summed E-state index contributed by atoms with van der Waals surface area (Å²) in [5.74, 6) is 0.330. The van der Waals surface area contributed by atoms with Crippen LogP contribution in [0.25, 0.3) is 0 Å². The maximum atomic E-state index is 12.2. The van der Waals surface area contributed by atoms with Crippen molar-refractivity contribution >= 4 is 5.91 Å². The van der Waals surface area contributed by atoms with Crippen molar-refractivity contribution in [2.45, 2.75) is 43.9 Å². The van der Waals surface area contributed by atoms with Gasteiger partial charge in [0.15, 0.2) is 0 Å². The molecule has 28 heavy (non-hydrogen) atoms. The molecule has 0 radical (unpaired) electrons. The van der Waals surface area contributed by atoms with Crippen LogP contribution in [-0.2, 0) is 11.3 Å². The lowest BCUT2D eigenvalue weighted by Gasteiger charge is -2.39. The SMILES string of the molecule is O=C(NC[C@H]1CCC2(CCN(Cc3ccccc3O)CC2)O1)c1ccccc1. The van der Waals surface area contributed by atoms with Crippen molar-refractivity contribution in [1.29, 1.82) is 0 Å². The highest BCUT2D eigenvalue weighted by Crippen LogP contribution is 2.39. The van der Waals surface area contributed by atoms with E-state index >= 15 is 0 Å². The molecule has 1 spiro atoms. The number of ether oxygens (including phenoxy) is 1. The van der Waals surface area contributed by atoms with Gasteiger partial charge in [-0.3, -0.25) is 9.69 Å². The maximum absolute atomic E-state index is 12.2. The molecular formula is C23H28N2O3. The minimum atomic E-state index is -0.0443. The summed E-state index contributed by atoms with van der Waals surface area (Å²) in [6.07, 6.45) is 4.16. The van der Waals surface area contributed by atoms with Gasteiger partial charge in [-0.05, 0) is 43.9 Å². The smallest absolute Gasteiger partial charge is 0.251 e. The van der Waals surface area contributed by atoms with Crippen molar-refractivity contribution in [3.63, 3.8) is 0 Å². The number of aromatic hydroxyl groups is 1. The predicted octanol–water partition coefficient (Wildman–Crippen LogP) is 3.34. The van der Waals surface area contributed by atoms with E-state index in [4.69, 9.17) is 4.74 Å². The molecule has 5 nitrogen and oxygen atoms in total. The second kappa shape index (κ2) is 8.33. The quantitative estimate of drug-likeness (QED) is 0.835. The molecule has 0 unspecified atom stereocenters. The van der Waals surface area contributed by atoms with Gasteiger partial charge in [0, 0.05) is 37.3 Å². The maximum Gasteiger partial charge on any atom is 0.251 e. The molecule has 1 amide bonds. The Hall–Kier alpha value is -2.37. The lowest BCUT2D eigenvalue weighted by atomic mass is 9.88. The monoisotopic (exact) mass is 380 g/mol. The van der Waals surface area contributed by atoms with Crippen LogP contribution in [0.5, 0.6) is 5.75 Å². The highest BCUT2D eigenvalue weighted by Gasteiger charge is 2.42. The summed E-state index contributed by atoms with van der Waals surface area (Å²) in [4.78, 5) is 14.6. The molecule has 2 fully saturated rings. The van der Waals surface area contributed by atoms with Gasteiger partial charge in [0.05, 0.1) is 11.7 Å². The molecule has 2 saturated heterocycles. The van der Waals surface area contributed by atoms with E-state index in [2.05, 4.69) is 10.2 Å². The van der Waals surface area contributed by atoms with E-state index in [0.717, 1.165) is 50.9 Å². The Morgan fingerprint density at radius 2 is 1.79 bits per heavy atom. The predicted molar refractivity (Wildman–Crippen MR) is 108 cm³/mol. The van der Waals surface area contributed by atoms with Crippen LogP contribution in [-0.4, -0.2) is 47.3 Å². The van der Waals surface area contributed by atoms with Gasteiger partial charge in [-0.25, -0.2) is 0 Å². The molecule has 0 aromatic heterocycles. The van der Waals surface area contributed by atoms with E-state index in [-0.39, 0.29) is 17.6 Å². The molecule has 2 aromatic carbocycles. The molecule has 1 atom stereocenters. The summed E-state index contributed by atoms with van der Waals surface area (Å²) >= 11 is 0. The van der Waals surface area contributed by atoms with Gasteiger partial charge in [0.1, 0.15) is 5.75 Å². The fraction of sp³-hybridized carbons (Fsp3) is 0.435. The third kappa shape index (κ3) is 4.37. The summed E-state index contributed by atoms with van der Waals surface area (Å²) in [7, 11) is 0. The van der Waals surface area contributed by atoms with Crippen LogP contribution in [0, 0.1) is 0 Å². The zero-order chi connectivity index (χ0) is 19.4. The molecule has 5 heteroatoms. The van der Waals surface area contributed by atoms with Crippen LogP contribution in [0.2, 0.25) is 0 Å². The zero-order valence-corrected chi connectivity index (χ0v) is 16.1. The minimum absolute atomic E-state index is 0.0392. The standard InChI is InChI=1S/C23H28N2O3/c26-21-9-5-4-8-19(21)17-25-14-12-23(13-15-25)11-10-20(28-23)16-24-22(27)18-6-2-1-3-7-18/h1-9,20,26H,10-17H2,(H,24,27)/t20-/m1/s1. The van der Waals surface area contributed by atoms with Crippen LogP contribution >= 0.6 is 0 Å². The van der Waals surface area contributed by atoms with Crippen molar-refractivity contribution in [2.75, 3.05) is 19.6 Å². The molecule has 2 aliphatic rings. The number of likely N-dealkylation sites (tertiary alicyclic amines) is 1. The molecule has 2 heterocycles. The van der Waals surface area contributed by atoms with Gasteiger partial charge in [-0.15, -0.1) is 0 Å². The first-order valence-corrected chi connectivity index (χ1v) is 10.1. The number of carbonyl (C=O) groups is 1. The lowest BCUT2D eigenvalue weighted by Crippen LogP contribution is -2.44. The van der Waals surface area contributed by atoms with Gasteiger partial charge >= 0.3 is 0 Å². The second-order valence-electron chi connectivity index (χ2n) is 7.94. The highest BCUT2D eigenvalue weighted by atomic mass is 16.5. The van der Waals surface area contributed by atoms with E-state index in [1.165, 1.54) is 0 Å². The van der Waals surface area contributed by atoms with Crippen LogP contribution in [0.3, 0.4) is 0 Å². The molecule has 2 aromatic rings. The fourth-order valence-corrected chi connectivity index (χ4v) is 4.31. The number of nitrogens with one attached hydrogen (secondary N) is 1. The van der Waals surface area contributed by atoms with Crippen LogP contribution in [0.4, 0.5) is 0 Å². The Morgan fingerprint density at radius 1 is 1.07 bits per heavy atom. The summed E-state index contributed by atoms with van der Waals surface area (Å²) in [5, 5.41) is 13.0. The Kier molecular flexibility index (Phi) is 5.64. The third-order valence-corrected chi connectivity index (χ3v) is 6.02. The van der Waals surface area contributed by atoms with Crippen LogP contribution < -0.4 is 5.32 Å². The summed E-state index contributed by atoms with van der Waals surface area (Å²) in [6, 6.07) is 16.9. The molecule has 148 valence electrons. The Morgan fingerprint density at radius 3 is 2.54 bits per heavy atom. The number of carbonyl (C=O) groups excluding carboxylic acids is 1. The summed E-state index contributed by atoms with van der Waals surface area (Å²) in [6.45, 7) is 3.28. The number of phenols is 1. The Bertz CT molecular complexity index is 801. The zero-order valence-electron chi connectivity index (χ0n) is 16.1. The molecule has 4 rings (SSSR count). The van der Waals surface area contributed by atoms with Crippen LogP contribution in [0.1, 0.15) is 41.6 Å². The average molecular weight is 380 g/mol. The highest BCUT2D eigenvalue weighted by molar-refractivity contribution is 5.94. The van der Waals surface area contributed by atoms with Gasteiger partial charge in [0.2, 0.25) is 0 Å². The van der Waals surface area contributed by atoms with Gasteiger partial charge in [0.25, 0.3) is 5.91 Å². The molecule has 0 saturated carbocycles. The second-order valence-corrected chi connectivity index (χ2v) is 7.94. The molecule has 0 bridgehead atoms. The van der Waals surface area contributed by atoms with E-state index in [9.17, 15) is 9.90 Å². The Labute approximate surface area is 166 Å². The van der Waals surface area contributed by atoms with E-state index < -0.39 is 0 Å². The first-order chi connectivity index (χ1) is 13.6. The number of benzene rings is 2. The molecular weight excluding hydrogens is 352 g/mol. The van der Waals surface area contributed by atoms with Crippen molar-refractivity contribution in [2.24, 2.45) is 0 Å². The van der Waals surface area contributed by atoms with Crippen molar-refractivity contribution < 1.29 is 14.6 Å². The van der Waals surface area contributed by atoms with Crippen LogP contribution in [0.15, 0.2) is 54.6 Å². The summed E-state index contributed by atoms with van der Waals surface area (Å²) in [5.41, 5.74) is 1.62. The number of para-hydroxylation sites is 1. The Balaban J connectivity index is 1.24. The number of hydrogen-bond donors (Lipinski definition) is 2. The van der Waals surface area contributed by atoms with Crippen molar-refractivity contribution in [1.82, 2.24) is 10.2 Å². The number of piperidine rings is 1. The van der Waals surface area contributed by atoms with E-state index in [1.54, 1.807) is 6.07 Å². The first-order valence-electron chi connectivity index (χ1n) is 10.1. The minimum Gasteiger partial charge on any atom is -0.508 e. The average Bonchev–Trinajstić information content (AvgIpc) is 3.13. The molecule has 0 aliphatic carbocycles. The largest absolute Gasteiger partial charge is 0.508 e. The number of rotatable bonds is 5. The number of phenolic OH excluding ortho intramolecular Hbond substituents is 1. The number of nitrogens with zero attached hydrogens (tertiary/aromatic N) is 1. The molecule has 2 aliphatic heterocycles. The topological polar surface area (TPSA) is 61.8 Å². The first kappa shape index (κ1) is 19.0. The van der Waals surface area contributed by atoms with Crippen molar-refractivity contribution in [3.05, 3.63) is 65.7 Å². The lowest BCUT2D eigenvalue weighted by molar-refractivity contribution is -0.0765. The normalized spacial score (nSPS) is 21.6. The molecule has 2 N–H and O–H groups in total. The fourth-order valence-electron chi connectivity index (χ4n) is 4.31. The van der Waals surface area contributed by atoms with E-state index in [0.29, 0.717) is 17.9 Å². The van der Waals surface area contributed by atoms with Gasteiger partial charge < -0.3 is 15.2 Å². The van der Waals surface area contributed by atoms with Crippen molar-refractivity contribution in [3.8, 4) is 5.75 Å². The van der Waals surface area contributed by atoms with E-state index in [1.807, 2.05) is 48.5 Å².